The molecule has 20 heavy (non-hydrogen) atoms. The molecule has 0 amide bonds. The van der Waals surface area contributed by atoms with Gasteiger partial charge in [-0.15, -0.1) is 0 Å². The summed E-state index contributed by atoms with van der Waals surface area (Å²) in [5.74, 6) is -1.16. The molecule has 0 spiro atoms. The van der Waals surface area contributed by atoms with E-state index in [2.05, 4.69) is 0 Å². The van der Waals surface area contributed by atoms with Crippen molar-refractivity contribution in [3.63, 3.8) is 0 Å². The first-order valence-electron chi connectivity index (χ1n) is 6.89. The van der Waals surface area contributed by atoms with E-state index in [1.54, 1.807) is 12.1 Å². The lowest BCUT2D eigenvalue weighted by molar-refractivity contribution is -0.156. The molecule has 1 atom stereocenters. The Hall–Kier alpha value is -1.62. The molecule has 0 saturated carbocycles. The van der Waals surface area contributed by atoms with Crippen LogP contribution in [0.5, 0.6) is 0 Å². The van der Waals surface area contributed by atoms with Gasteiger partial charge in [0.2, 0.25) is 0 Å². The number of anilines is 1. The molecule has 1 aromatic rings. The molecule has 0 radical (unpaired) electrons. The molecule has 0 bridgehead atoms. The van der Waals surface area contributed by atoms with E-state index >= 15 is 0 Å². The van der Waals surface area contributed by atoms with E-state index in [-0.39, 0.29) is 12.4 Å². The van der Waals surface area contributed by atoms with Gasteiger partial charge in [0, 0.05) is 25.4 Å². The summed E-state index contributed by atoms with van der Waals surface area (Å²) in [5, 5.41) is 9.55. The number of hydrogen-bond acceptors (Lipinski definition) is 3. The predicted molar refractivity (Wildman–Crippen MR) is 74.4 cm³/mol. The van der Waals surface area contributed by atoms with Crippen molar-refractivity contribution in [1.82, 2.24) is 0 Å². The van der Waals surface area contributed by atoms with Gasteiger partial charge in [0.15, 0.2) is 0 Å². The largest absolute Gasteiger partial charge is 0.481 e. The number of nitrogens with zero attached hydrogens (tertiary/aromatic N) is 1. The molecule has 1 aliphatic rings. The second-order valence-corrected chi connectivity index (χ2v) is 5.24. The minimum absolute atomic E-state index is 0.216. The number of ether oxygens (including phenoxy) is 1. The molecule has 1 aromatic carbocycles. The zero-order chi connectivity index (χ0) is 14.6. The summed E-state index contributed by atoms with van der Waals surface area (Å²) in [6.07, 6.45) is 1.33. The van der Waals surface area contributed by atoms with Crippen LogP contribution in [0.2, 0.25) is 0 Å². The van der Waals surface area contributed by atoms with Crippen LogP contribution < -0.4 is 4.90 Å². The molecule has 1 aliphatic heterocycles. The van der Waals surface area contributed by atoms with E-state index < -0.39 is 11.4 Å². The van der Waals surface area contributed by atoms with E-state index in [9.17, 15) is 14.3 Å². The van der Waals surface area contributed by atoms with Gasteiger partial charge in [-0.2, -0.15) is 0 Å². The highest BCUT2D eigenvalue weighted by Crippen LogP contribution is 2.32. The van der Waals surface area contributed by atoms with Gasteiger partial charge in [-0.1, -0.05) is 6.07 Å². The lowest BCUT2D eigenvalue weighted by atomic mass is 9.82. The normalized spacial score (nSPS) is 22.5. The van der Waals surface area contributed by atoms with Crippen LogP contribution in [0.15, 0.2) is 24.3 Å². The summed E-state index contributed by atoms with van der Waals surface area (Å²) >= 11 is 0. The SMILES string of the molecule is CCN(CC1(C(=O)O)CCCOC1)c1cccc(F)c1. The molecule has 2 rings (SSSR count). The third-order valence-electron chi connectivity index (χ3n) is 3.82. The van der Waals surface area contributed by atoms with Crippen molar-refractivity contribution < 1.29 is 19.0 Å². The Labute approximate surface area is 118 Å². The summed E-state index contributed by atoms with van der Waals surface area (Å²) in [6.45, 7) is 3.72. The van der Waals surface area contributed by atoms with Crippen LogP contribution in [0, 0.1) is 11.2 Å². The van der Waals surface area contributed by atoms with E-state index in [0.717, 1.165) is 6.42 Å². The number of benzene rings is 1. The Balaban J connectivity index is 2.21. The smallest absolute Gasteiger partial charge is 0.313 e. The average molecular weight is 281 g/mol. The maximum atomic E-state index is 13.3. The summed E-state index contributed by atoms with van der Waals surface area (Å²) in [7, 11) is 0. The zero-order valence-corrected chi connectivity index (χ0v) is 11.6. The number of halogens is 1. The van der Waals surface area contributed by atoms with E-state index in [1.807, 2.05) is 11.8 Å². The van der Waals surface area contributed by atoms with Crippen molar-refractivity contribution in [2.75, 3.05) is 31.2 Å². The minimum Gasteiger partial charge on any atom is -0.481 e. The summed E-state index contributed by atoms with van der Waals surface area (Å²) in [4.78, 5) is 13.5. The van der Waals surface area contributed by atoms with Crippen molar-refractivity contribution in [2.45, 2.75) is 19.8 Å². The standard InChI is InChI=1S/C15H20FNO3/c1-2-17(13-6-3-5-12(16)9-13)10-15(14(18)19)7-4-8-20-11-15/h3,5-6,9H,2,4,7-8,10-11H2,1H3,(H,18,19). The predicted octanol–water partition coefficient (Wildman–Crippen LogP) is 2.53. The number of hydrogen-bond donors (Lipinski definition) is 1. The number of aliphatic carboxylic acids is 1. The summed E-state index contributed by atoms with van der Waals surface area (Å²) in [6, 6.07) is 6.25. The summed E-state index contributed by atoms with van der Waals surface area (Å²) in [5.41, 5.74) is -0.195. The van der Waals surface area contributed by atoms with Gasteiger partial charge < -0.3 is 14.7 Å². The van der Waals surface area contributed by atoms with Gasteiger partial charge >= 0.3 is 5.97 Å². The second-order valence-electron chi connectivity index (χ2n) is 5.24. The van der Waals surface area contributed by atoms with Crippen molar-refractivity contribution in [3.05, 3.63) is 30.1 Å². The Morgan fingerprint density at radius 2 is 2.35 bits per heavy atom. The molecular weight excluding hydrogens is 261 g/mol. The van der Waals surface area contributed by atoms with E-state index in [4.69, 9.17) is 4.74 Å². The van der Waals surface area contributed by atoms with Crippen LogP contribution in [-0.2, 0) is 9.53 Å². The Morgan fingerprint density at radius 3 is 2.90 bits per heavy atom. The molecule has 4 nitrogen and oxygen atoms in total. The van der Waals surface area contributed by atoms with Gasteiger partial charge in [-0.05, 0) is 38.0 Å². The second kappa shape index (κ2) is 6.22. The van der Waals surface area contributed by atoms with Crippen LogP contribution in [0.3, 0.4) is 0 Å². The van der Waals surface area contributed by atoms with Gasteiger partial charge in [0.05, 0.1) is 6.61 Å². The third-order valence-corrected chi connectivity index (χ3v) is 3.82. The third kappa shape index (κ3) is 3.10. The van der Waals surface area contributed by atoms with Crippen molar-refractivity contribution >= 4 is 11.7 Å². The van der Waals surface area contributed by atoms with Crippen molar-refractivity contribution in [3.8, 4) is 0 Å². The summed E-state index contributed by atoms with van der Waals surface area (Å²) < 4.78 is 18.7. The fourth-order valence-electron chi connectivity index (χ4n) is 2.64. The molecular formula is C15H20FNO3. The maximum absolute atomic E-state index is 13.3. The lowest BCUT2D eigenvalue weighted by Gasteiger charge is -2.38. The number of carboxylic acids is 1. The highest BCUT2D eigenvalue weighted by atomic mass is 19.1. The molecule has 0 aromatic heterocycles. The fourth-order valence-corrected chi connectivity index (χ4v) is 2.64. The first-order valence-corrected chi connectivity index (χ1v) is 6.89. The molecule has 1 saturated heterocycles. The molecule has 1 unspecified atom stereocenters. The fraction of sp³-hybridized carbons (Fsp3) is 0.533. The number of carbonyl (C=O) groups is 1. The van der Waals surface area contributed by atoms with E-state index in [0.29, 0.717) is 31.8 Å². The molecule has 110 valence electrons. The van der Waals surface area contributed by atoms with Crippen LogP contribution in [0.25, 0.3) is 0 Å². The van der Waals surface area contributed by atoms with Crippen molar-refractivity contribution in [1.29, 1.82) is 0 Å². The Bertz CT molecular complexity index is 472. The molecule has 5 heteroatoms. The van der Waals surface area contributed by atoms with Crippen molar-refractivity contribution in [2.24, 2.45) is 5.41 Å². The molecule has 0 aliphatic carbocycles. The molecule has 1 fully saturated rings. The molecule has 1 heterocycles. The quantitative estimate of drug-likeness (QED) is 0.901. The van der Waals surface area contributed by atoms with E-state index in [1.165, 1.54) is 12.1 Å². The first kappa shape index (κ1) is 14.8. The van der Waals surface area contributed by atoms with Crippen LogP contribution in [0.1, 0.15) is 19.8 Å². The van der Waals surface area contributed by atoms with Crippen LogP contribution in [-0.4, -0.2) is 37.4 Å². The maximum Gasteiger partial charge on any atom is 0.313 e. The number of rotatable bonds is 5. The highest BCUT2D eigenvalue weighted by Gasteiger charge is 2.42. The average Bonchev–Trinajstić information content (AvgIpc) is 2.45. The Kier molecular flexibility index (Phi) is 4.60. The highest BCUT2D eigenvalue weighted by molar-refractivity contribution is 5.76. The van der Waals surface area contributed by atoms with Crippen LogP contribution >= 0.6 is 0 Å². The number of carboxylic acid groups (broad SMARTS) is 1. The molecule has 1 N–H and O–H groups in total. The van der Waals surface area contributed by atoms with Gasteiger partial charge in [-0.3, -0.25) is 4.79 Å². The Morgan fingerprint density at radius 1 is 1.55 bits per heavy atom. The lowest BCUT2D eigenvalue weighted by Crippen LogP contribution is -2.48. The van der Waals surface area contributed by atoms with Gasteiger partial charge in [0.25, 0.3) is 0 Å². The van der Waals surface area contributed by atoms with Gasteiger partial charge in [0.1, 0.15) is 11.2 Å². The monoisotopic (exact) mass is 281 g/mol. The van der Waals surface area contributed by atoms with Crippen LogP contribution in [0.4, 0.5) is 10.1 Å². The topological polar surface area (TPSA) is 49.8 Å². The zero-order valence-electron chi connectivity index (χ0n) is 11.6. The minimum atomic E-state index is -0.902. The van der Waals surface area contributed by atoms with Gasteiger partial charge in [-0.25, -0.2) is 4.39 Å². The first-order chi connectivity index (χ1) is 9.57.